The number of amides is 2. The first-order valence-electron chi connectivity index (χ1n) is 13.9. The molecule has 2 N–H and O–H groups in total. The van der Waals surface area contributed by atoms with Crippen LogP contribution < -0.4 is 10.6 Å². The van der Waals surface area contributed by atoms with E-state index >= 15 is 0 Å². The molecule has 0 bridgehead atoms. The van der Waals surface area contributed by atoms with Gasteiger partial charge in [0.25, 0.3) is 0 Å². The van der Waals surface area contributed by atoms with Gasteiger partial charge in [-0.15, -0.1) is 0 Å². The van der Waals surface area contributed by atoms with Crippen LogP contribution in [0.2, 0.25) is 0 Å². The lowest BCUT2D eigenvalue weighted by Crippen LogP contribution is -2.38. The van der Waals surface area contributed by atoms with Crippen molar-refractivity contribution in [3.05, 3.63) is 23.8 Å². The van der Waals surface area contributed by atoms with E-state index in [-0.39, 0.29) is 31.0 Å². The minimum atomic E-state index is -0.864. The first kappa shape index (κ1) is 28.7. The van der Waals surface area contributed by atoms with E-state index < -0.39 is 29.7 Å². The molecule has 2 saturated carbocycles. The van der Waals surface area contributed by atoms with Crippen LogP contribution in [0.1, 0.15) is 83.6 Å². The lowest BCUT2D eigenvalue weighted by molar-refractivity contribution is -0.155. The van der Waals surface area contributed by atoms with Crippen molar-refractivity contribution in [2.45, 2.75) is 85.0 Å². The molecule has 2 aliphatic rings. The molecule has 1 aromatic rings. The van der Waals surface area contributed by atoms with Crippen LogP contribution in [0.25, 0.3) is 0 Å². The fourth-order valence-electron chi connectivity index (χ4n) is 5.69. The van der Waals surface area contributed by atoms with Crippen LogP contribution in [-0.4, -0.2) is 37.0 Å². The van der Waals surface area contributed by atoms with Gasteiger partial charge in [-0.3, -0.25) is 19.2 Å². The van der Waals surface area contributed by atoms with Gasteiger partial charge < -0.3 is 20.1 Å². The second-order valence-corrected chi connectivity index (χ2v) is 10.3. The number of carbonyl (C=O) groups is 4. The summed E-state index contributed by atoms with van der Waals surface area (Å²) in [6, 6.07) is 5.22. The number of nitrogens with one attached hydrogen (secondary N) is 2. The Hall–Kier alpha value is -2.90. The van der Waals surface area contributed by atoms with Crippen molar-refractivity contribution >= 4 is 35.1 Å². The quantitative estimate of drug-likeness (QED) is 0.320. The first-order chi connectivity index (χ1) is 17.8. The summed E-state index contributed by atoms with van der Waals surface area (Å²) in [6.45, 7) is 5.77. The van der Waals surface area contributed by atoms with Gasteiger partial charge in [-0.1, -0.05) is 44.6 Å². The lowest BCUT2D eigenvalue weighted by atomic mass is 9.79. The summed E-state index contributed by atoms with van der Waals surface area (Å²) in [5, 5.41) is 5.79. The summed E-state index contributed by atoms with van der Waals surface area (Å²) in [5.41, 5.74) is 1.78. The van der Waals surface area contributed by atoms with Crippen molar-refractivity contribution in [2.24, 2.45) is 23.7 Å². The van der Waals surface area contributed by atoms with Gasteiger partial charge >= 0.3 is 11.9 Å². The van der Waals surface area contributed by atoms with E-state index in [1.165, 1.54) is 0 Å². The average molecular weight is 515 g/mol. The summed E-state index contributed by atoms with van der Waals surface area (Å²) in [5.74, 6) is -3.57. The molecule has 3 rings (SSSR count). The molecule has 0 saturated heterocycles. The number of esters is 2. The molecule has 1 aromatic carbocycles. The number of carbonyl (C=O) groups excluding carboxylic acids is 4. The van der Waals surface area contributed by atoms with Crippen LogP contribution in [0.5, 0.6) is 0 Å². The minimum absolute atomic E-state index is 0.0433. The molecule has 204 valence electrons. The lowest BCUT2D eigenvalue weighted by Gasteiger charge is -2.28. The van der Waals surface area contributed by atoms with E-state index in [0.717, 1.165) is 69.8 Å². The van der Waals surface area contributed by atoms with Gasteiger partial charge in [0.2, 0.25) is 11.8 Å². The van der Waals surface area contributed by atoms with Gasteiger partial charge in [0.1, 0.15) is 11.8 Å². The largest absolute Gasteiger partial charge is 0.465 e. The molecule has 2 amide bonds. The third-order valence-corrected chi connectivity index (χ3v) is 7.65. The summed E-state index contributed by atoms with van der Waals surface area (Å²) in [4.78, 5) is 52.0. The Balaban J connectivity index is 1.76. The molecule has 0 aromatic heterocycles. The van der Waals surface area contributed by atoms with Gasteiger partial charge in [0.15, 0.2) is 0 Å². The van der Waals surface area contributed by atoms with E-state index in [2.05, 4.69) is 10.6 Å². The maximum Gasteiger partial charge on any atom is 0.318 e. The number of ether oxygens (including phenoxy) is 2. The van der Waals surface area contributed by atoms with Crippen LogP contribution in [0.15, 0.2) is 18.2 Å². The molecule has 0 heterocycles. The zero-order valence-electron chi connectivity index (χ0n) is 22.5. The van der Waals surface area contributed by atoms with Crippen LogP contribution in [0.3, 0.4) is 0 Å². The second kappa shape index (κ2) is 14.1. The normalized spacial score (nSPS) is 18.4. The maximum absolute atomic E-state index is 13.3. The number of hydrogen-bond acceptors (Lipinski definition) is 6. The van der Waals surface area contributed by atoms with Crippen molar-refractivity contribution in [3.63, 3.8) is 0 Å². The highest BCUT2D eigenvalue weighted by Crippen LogP contribution is 2.34. The summed E-state index contributed by atoms with van der Waals surface area (Å²) in [6.07, 6.45) is 9.50. The minimum Gasteiger partial charge on any atom is -0.465 e. The van der Waals surface area contributed by atoms with Crippen molar-refractivity contribution < 1.29 is 28.7 Å². The molecule has 37 heavy (non-hydrogen) atoms. The molecule has 2 atom stereocenters. The maximum atomic E-state index is 13.3. The first-order valence-corrected chi connectivity index (χ1v) is 13.9. The Labute approximate surface area is 220 Å². The molecule has 8 heteroatoms. The highest BCUT2D eigenvalue weighted by atomic mass is 16.5. The third kappa shape index (κ3) is 7.79. The van der Waals surface area contributed by atoms with Crippen molar-refractivity contribution in [1.29, 1.82) is 0 Å². The number of benzene rings is 1. The van der Waals surface area contributed by atoms with Gasteiger partial charge in [-0.25, -0.2) is 0 Å². The summed E-state index contributed by atoms with van der Waals surface area (Å²) >= 11 is 0. The van der Waals surface area contributed by atoms with Crippen LogP contribution in [0.4, 0.5) is 11.4 Å². The highest BCUT2D eigenvalue weighted by Gasteiger charge is 2.38. The molecule has 8 nitrogen and oxygen atoms in total. The fraction of sp³-hybridized carbons (Fsp3) is 0.655. The second-order valence-electron chi connectivity index (χ2n) is 10.3. The van der Waals surface area contributed by atoms with Crippen LogP contribution in [-0.2, 0) is 28.7 Å². The SMILES string of the molecule is CCOC(=O)[C@@H](C(=O)Nc1ccc(C)c(NC(=O)[C@H](C(=O)OCC)C2CCCCC2)c1)C1CCCCC1. The van der Waals surface area contributed by atoms with E-state index in [9.17, 15) is 19.2 Å². The topological polar surface area (TPSA) is 111 Å². The predicted molar refractivity (Wildman–Crippen MR) is 142 cm³/mol. The Morgan fingerprint density at radius 3 is 1.68 bits per heavy atom. The Bertz CT molecular complexity index is 950. The fourth-order valence-corrected chi connectivity index (χ4v) is 5.69. The monoisotopic (exact) mass is 514 g/mol. The predicted octanol–water partition coefficient (Wildman–Crippen LogP) is 5.39. The van der Waals surface area contributed by atoms with Crippen LogP contribution in [0, 0.1) is 30.6 Å². The van der Waals surface area contributed by atoms with E-state index in [1.54, 1.807) is 32.0 Å². The van der Waals surface area contributed by atoms with Crippen molar-refractivity contribution in [2.75, 3.05) is 23.8 Å². The summed E-state index contributed by atoms with van der Waals surface area (Å²) in [7, 11) is 0. The van der Waals surface area contributed by atoms with E-state index in [1.807, 2.05) is 6.92 Å². The van der Waals surface area contributed by atoms with E-state index in [0.29, 0.717) is 11.4 Å². The van der Waals surface area contributed by atoms with E-state index in [4.69, 9.17) is 9.47 Å². The molecular weight excluding hydrogens is 472 g/mol. The summed E-state index contributed by atoms with van der Waals surface area (Å²) < 4.78 is 10.5. The van der Waals surface area contributed by atoms with Gasteiger partial charge in [-0.2, -0.15) is 0 Å². The molecule has 0 unspecified atom stereocenters. The third-order valence-electron chi connectivity index (χ3n) is 7.65. The van der Waals surface area contributed by atoms with Crippen molar-refractivity contribution in [1.82, 2.24) is 0 Å². The molecular formula is C29H42N2O6. The Morgan fingerprint density at radius 1 is 0.757 bits per heavy atom. The molecule has 2 aliphatic carbocycles. The Morgan fingerprint density at radius 2 is 1.22 bits per heavy atom. The van der Waals surface area contributed by atoms with Gasteiger partial charge in [0, 0.05) is 11.4 Å². The number of anilines is 2. The van der Waals surface area contributed by atoms with Crippen molar-refractivity contribution in [3.8, 4) is 0 Å². The smallest absolute Gasteiger partial charge is 0.318 e. The molecule has 0 spiro atoms. The zero-order valence-corrected chi connectivity index (χ0v) is 22.5. The standard InChI is InChI=1S/C29H42N2O6/c1-4-36-28(34)24(20-12-8-6-9-13-20)26(32)30-22-17-16-19(3)23(18-22)31-27(33)25(29(35)37-5-2)21-14-10-7-11-15-21/h16-18,20-21,24-25H,4-15H2,1-3H3,(H,30,32)(H,31,33)/t24-,25-/m1/s1. The molecule has 2 fully saturated rings. The van der Waals surface area contributed by atoms with Crippen LogP contribution >= 0.6 is 0 Å². The molecule has 0 radical (unpaired) electrons. The highest BCUT2D eigenvalue weighted by molar-refractivity contribution is 6.07. The van der Waals surface area contributed by atoms with Gasteiger partial charge in [0.05, 0.1) is 13.2 Å². The molecule has 0 aliphatic heterocycles. The average Bonchev–Trinajstić information content (AvgIpc) is 2.88. The number of rotatable bonds is 10. The van der Waals surface area contributed by atoms with Gasteiger partial charge in [-0.05, 0) is 76.0 Å². The number of hydrogen-bond donors (Lipinski definition) is 2. The number of aryl methyl sites for hydroxylation is 1. The Kier molecular flexibility index (Phi) is 11.0. The zero-order chi connectivity index (χ0) is 26.8.